The van der Waals surface area contributed by atoms with Crippen LogP contribution in [0.3, 0.4) is 0 Å². The third-order valence-corrected chi connectivity index (χ3v) is 4.39. The van der Waals surface area contributed by atoms with E-state index in [2.05, 4.69) is 32.2 Å². The summed E-state index contributed by atoms with van der Waals surface area (Å²) in [6, 6.07) is 6.03. The molecule has 0 bridgehead atoms. The highest BCUT2D eigenvalue weighted by Crippen LogP contribution is 2.28. The highest BCUT2D eigenvalue weighted by molar-refractivity contribution is 9.10. The van der Waals surface area contributed by atoms with Crippen molar-refractivity contribution in [1.82, 2.24) is 10.2 Å². The molecule has 1 aromatic rings. The Morgan fingerprint density at radius 1 is 1.35 bits per heavy atom. The first-order valence-corrected chi connectivity index (χ1v) is 7.64. The molecule has 3 N–H and O–H groups in total. The van der Waals surface area contributed by atoms with Gasteiger partial charge in [0.15, 0.2) is 0 Å². The van der Waals surface area contributed by atoms with Gasteiger partial charge in [0.2, 0.25) is 0 Å². The molecule has 0 amide bonds. The number of halogens is 1. The van der Waals surface area contributed by atoms with Gasteiger partial charge in [0.1, 0.15) is 0 Å². The van der Waals surface area contributed by atoms with Crippen LogP contribution in [0.4, 0.5) is 5.69 Å². The Morgan fingerprint density at radius 2 is 2.12 bits per heavy atom. The summed E-state index contributed by atoms with van der Waals surface area (Å²) in [4.78, 5) is 3.67. The lowest BCUT2D eigenvalue weighted by atomic mass is 10.3. The summed E-state index contributed by atoms with van der Waals surface area (Å²) in [5.41, 5.74) is 6.82. The van der Waals surface area contributed by atoms with Crippen LogP contribution in [0, 0.1) is 0 Å². The first-order valence-electron chi connectivity index (χ1n) is 5.86. The first kappa shape index (κ1) is 13.2. The molecule has 1 aliphatic heterocycles. The summed E-state index contributed by atoms with van der Waals surface area (Å²) in [7, 11) is 0. The third kappa shape index (κ3) is 4.17. The van der Waals surface area contributed by atoms with Gasteiger partial charge in [0.25, 0.3) is 0 Å². The van der Waals surface area contributed by atoms with Gasteiger partial charge in [-0.2, -0.15) is 0 Å². The van der Waals surface area contributed by atoms with E-state index in [9.17, 15) is 0 Å². The average Bonchev–Trinajstić information content (AvgIpc) is 2.35. The number of nitrogens with one attached hydrogen (secondary N) is 1. The predicted molar refractivity (Wildman–Crippen MR) is 78.6 cm³/mol. The second-order valence-electron chi connectivity index (χ2n) is 4.12. The van der Waals surface area contributed by atoms with Gasteiger partial charge >= 0.3 is 0 Å². The van der Waals surface area contributed by atoms with E-state index in [0.717, 1.165) is 48.6 Å². The average molecular weight is 316 g/mol. The van der Waals surface area contributed by atoms with Crippen LogP contribution in [0.5, 0.6) is 0 Å². The van der Waals surface area contributed by atoms with Gasteiger partial charge in [-0.25, -0.2) is 0 Å². The molecule has 1 saturated heterocycles. The van der Waals surface area contributed by atoms with Crippen molar-refractivity contribution in [3.05, 3.63) is 22.7 Å². The minimum absolute atomic E-state index is 0.874. The van der Waals surface area contributed by atoms with Crippen LogP contribution < -0.4 is 11.1 Å². The Kier molecular flexibility index (Phi) is 5.16. The van der Waals surface area contributed by atoms with Gasteiger partial charge in [-0.05, 0) is 18.2 Å². The minimum atomic E-state index is 0.874. The molecule has 17 heavy (non-hydrogen) atoms. The van der Waals surface area contributed by atoms with E-state index in [1.807, 2.05) is 23.9 Å². The second kappa shape index (κ2) is 6.64. The van der Waals surface area contributed by atoms with E-state index < -0.39 is 0 Å². The highest BCUT2D eigenvalue weighted by Gasteiger charge is 2.09. The standard InChI is InChI=1S/C12H18BrN3S/c13-10-1-2-11(14)12(9-10)17-8-7-16-5-3-15-4-6-16/h1-2,9,15H,3-8,14H2. The third-order valence-electron chi connectivity index (χ3n) is 2.85. The van der Waals surface area contributed by atoms with Gasteiger partial charge in [-0.1, -0.05) is 15.9 Å². The molecule has 0 aliphatic carbocycles. The van der Waals surface area contributed by atoms with Gasteiger partial charge < -0.3 is 11.1 Å². The molecule has 94 valence electrons. The zero-order valence-corrected chi connectivity index (χ0v) is 12.2. The van der Waals surface area contributed by atoms with E-state index in [1.54, 1.807) is 0 Å². The quantitative estimate of drug-likeness (QED) is 0.659. The van der Waals surface area contributed by atoms with E-state index in [-0.39, 0.29) is 0 Å². The molecule has 5 heteroatoms. The molecule has 0 unspecified atom stereocenters. The van der Waals surface area contributed by atoms with Crippen molar-refractivity contribution in [3.63, 3.8) is 0 Å². The van der Waals surface area contributed by atoms with E-state index in [4.69, 9.17) is 5.73 Å². The molecular weight excluding hydrogens is 298 g/mol. The first-order chi connectivity index (χ1) is 8.25. The molecule has 0 aromatic heterocycles. The summed E-state index contributed by atoms with van der Waals surface area (Å²) >= 11 is 5.32. The fraction of sp³-hybridized carbons (Fsp3) is 0.500. The van der Waals surface area contributed by atoms with Gasteiger partial charge in [-0.3, -0.25) is 4.90 Å². The highest BCUT2D eigenvalue weighted by atomic mass is 79.9. The van der Waals surface area contributed by atoms with Crippen LogP contribution >= 0.6 is 27.7 Å². The molecule has 0 radical (unpaired) electrons. The normalized spacial score (nSPS) is 17.2. The van der Waals surface area contributed by atoms with E-state index in [1.165, 1.54) is 4.90 Å². The number of hydrogen-bond donors (Lipinski definition) is 2. The molecule has 1 aliphatic rings. The summed E-state index contributed by atoms with van der Waals surface area (Å²) in [5.74, 6) is 1.10. The SMILES string of the molecule is Nc1ccc(Br)cc1SCCN1CCNCC1. The summed E-state index contributed by atoms with van der Waals surface area (Å²) in [6.45, 7) is 5.69. The number of rotatable bonds is 4. The molecule has 1 aromatic carbocycles. The van der Waals surface area contributed by atoms with Crippen molar-refractivity contribution in [2.45, 2.75) is 4.90 Å². The van der Waals surface area contributed by atoms with Crippen LogP contribution in [0.15, 0.2) is 27.6 Å². The van der Waals surface area contributed by atoms with E-state index in [0.29, 0.717) is 0 Å². The van der Waals surface area contributed by atoms with Crippen molar-refractivity contribution in [1.29, 1.82) is 0 Å². The van der Waals surface area contributed by atoms with Crippen molar-refractivity contribution in [2.75, 3.05) is 44.2 Å². The Labute approximate surface area is 115 Å². The van der Waals surface area contributed by atoms with Crippen LogP contribution in [-0.4, -0.2) is 43.4 Å². The largest absolute Gasteiger partial charge is 0.398 e. The number of nitrogens with two attached hydrogens (primary N) is 1. The van der Waals surface area contributed by atoms with Crippen molar-refractivity contribution >= 4 is 33.4 Å². The van der Waals surface area contributed by atoms with Crippen LogP contribution in [0.2, 0.25) is 0 Å². The van der Waals surface area contributed by atoms with Crippen LogP contribution in [-0.2, 0) is 0 Å². The number of nitrogens with zero attached hydrogens (tertiary/aromatic N) is 1. The van der Waals surface area contributed by atoms with Gasteiger partial charge in [0, 0.05) is 53.5 Å². The predicted octanol–water partition coefficient (Wildman–Crippen LogP) is 2.03. The van der Waals surface area contributed by atoms with Crippen LogP contribution in [0.1, 0.15) is 0 Å². The molecule has 1 heterocycles. The number of nitrogen functional groups attached to an aromatic ring is 1. The maximum atomic E-state index is 5.94. The molecule has 0 atom stereocenters. The van der Waals surface area contributed by atoms with Gasteiger partial charge in [-0.15, -0.1) is 11.8 Å². The Bertz CT molecular complexity index is 367. The Hall–Kier alpha value is -0.230. The molecule has 1 fully saturated rings. The maximum Gasteiger partial charge on any atom is 0.0453 e. The zero-order valence-electron chi connectivity index (χ0n) is 9.79. The number of piperazine rings is 1. The molecular formula is C12H18BrN3S. The Balaban J connectivity index is 1.79. The second-order valence-corrected chi connectivity index (χ2v) is 6.17. The van der Waals surface area contributed by atoms with Crippen molar-refractivity contribution < 1.29 is 0 Å². The zero-order chi connectivity index (χ0) is 12.1. The maximum absolute atomic E-state index is 5.94. The Morgan fingerprint density at radius 3 is 2.88 bits per heavy atom. The van der Waals surface area contributed by atoms with Crippen molar-refractivity contribution in [2.24, 2.45) is 0 Å². The number of hydrogen-bond acceptors (Lipinski definition) is 4. The lowest BCUT2D eigenvalue weighted by Gasteiger charge is -2.26. The fourth-order valence-corrected chi connectivity index (χ4v) is 3.38. The number of thioether (sulfide) groups is 1. The topological polar surface area (TPSA) is 41.3 Å². The van der Waals surface area contributed by atoms with Crippen molar-refractivity contribution in [3.8, 4) is 0 Å². The lowest BCUT2D eigenvalue weighted by Crippen LogP contribution is -2.44. The monoisotopic (exact) mass is 315 g/mol. The molecule has 0 spiro atoms. The summed E-state index contributed by atoms with van der Waals surface area (Å²) in [6.07, 6.45) is 0. The smallest absolute Gasteiger partial charge is 0.0453 e. The lowest BCUT2D eigenvalue weighted by molar-refractivity contribution is 0.255. The van der Waals surface area contributed by atoms with Crippen LogP contribution in [0.25, 0.3) is 0 Å². The number of anilines is 1. The number of benzene rings is 1. The molecule has 2 rings (SSSR count). The summed E-state index contributed by atoms with van der Waals surface area (Å²) < 4.78 is 1.09. The minimum Gasteiger partial charge on any atom is -0.398 e. The summed E-state index contributed by atoms with van der Waals surface area (Å²) in [5, 5.41) is 3.36. The fourth-order valence-electron chi connectivity index (χ4n) is 1.85. The molecule has 0 saturated carbocycles. The molecule has 3 nitrogen and oxygen atoms in total. The van der Waals surface area contributed by atoms with Gasteiger partial charge in [0.05, 0.1) is 0 Å². The van der Waals surface area contributed by atoms with E-state index >= 15 is 0 Å².